The molecule has 3 aromatic carbocycles. The predicted octanol–water partition coefficient (Wildman–Crippen LogP) is 4.74. The van der Waals surface area contributed by atoms with Crippen LogP contribution >= 0.6 is 11.6 Å². The molecule has 0 saturated heterocycles. The Labute approximate surface area is 212 Å². The van der Waals surface area contributed by atoms with E-state index < -0.39 is 23.8 Å². The molecule has 1 N–H and O–H groups in total. The minimum Gasteiger partial charge on any atom is -0.465 e. The van der Waals surface area contributed by atoms with Crippen LogP contribution < -0.4 is 15.0 Å². The summed E-state index contributed by atoms with van der Waals surface area (Å²) in [5.41, 5.74) is 2.85. The molecule has 1 aliphatic rings. The molecule has 3 aromatic rings. The van der Waals surface area contributed by atoms with Crippen LogP contribution in [0.5, 0.6) is 5.75 Å². The lowest BCUT2D eigenvalue weighted by Gasteiger charge is -2.15. The van der Waals surface area contributed by atoms with Crippen molar-refractivity contribution in [1.82, 2.24) is 0 Å². The highest BCUT2D eigenvalue weighted by molar-refractivity contribution is 6.53. The van der Waals surface area contributed by atoms with Crippen LogP contribution in [0.3, 0.4) is 0 Å². The maximum atomic E-state index is 13.0. The van der Waals surface area contributed by atoms with Gasteiger partial charge in [0.2, 0.25) is 0 Å². The molecule has 0 radical (unpaired) electrons. The van der Waals surface area contributed by atoms with Gasteiger partial charge in [-0.05, 0) is 73.5 Å². The number of hydrogen-bond donors (Lipinski definition) is 1. The molecule has 0 atom stereocenters. The molecule has 0 spiro atoms. The quantitative estimate of drug-likeness (QED) is 0.294. The third-order valence-corrected chi connectivity index (χ3v) is 5.92. The van der Waals surface area contributed by atoms with Gasteiger partial charge in [0.05, 0.1) is 23.9 Å². The summed E-state index contributed by atoms with van der Waals surface area (Å²) in [7, 11) is 1.26. The van der Waals surface area contributed by atoms with E-state index in [9.17, 15) is 19.2 Å². The molecule has 1 heterocycles. The van der Waals surface area contributed by atoms with Gasteiger partial charge in [-0.3, -0.25) is 9.59 Å². The van der Waals surface area contributed by atoms with Crippen molar-refractivity contribution in [2.45, 2.75) is 13.8 Å². The average Bonchev–Trinajstić information content (AvgIpc) is 3.09. The lowest BCUT2D eigenvalue weighted by Crippen LogP contribution is -2.32. The SMILES string of the molecule is COC(=O)c1ccc(N2C(=O)C(Cl)=C(Nc3ccc(C(=O)Oc4c(C)cccc4C)cc3)C2=O)cc1. The molecule has 0 unspecified atom stereocenters. The molecule has 0 saturated carbocycles. The van der Waals surface area contributed by atoms with Crippen molar-refractivity contribution in [3.05, 3.63) is 99.7 Å². The average molecular weight is 505 g/mol. The Morgan fingerprint density at radius 1 is 0.806 bits per heavy atom. The number of ether oxygens (including phenoxy) is 2. The zero-order chi connectivity index (χ0) is 26.0. The van der Waals surface area contributed by atoms with Gasteiger partial charge in [-0.1, -0.05) is 29.8 Å². The minimum absolute atomic E-state index is 0.107. The molecule has 0 aromatic heterocycles. The molecule has 9 heteroatoms. The Kier molecular flexibility index (Phi) is 6.89. The van der Waals surface area contributed by atoms with Gasteiger partial charge in [0.15, 0.2) is 0 Å². The normalized spacial score (nSPS) is 13.2. The van der Waals surface area contributed by atoms with Gasteiger partial charge in [-0.2, -0.15) is 0 Å². The van der Waals surface area contributed by atoms with Gasteiger partial charge in [0.1, 0.15) is 16.5 Å². The second kappa shape index (κ2) is 10.1. The van der Waals surface area contributed by atoms with E-state index in [1.165, 1.54) is 43.5 Å². The molecule has 8 nitrogen and oxygen atoms in total. The largest absolute Gasteiger partial charge is 0.465 e. The number of anilines is 2. The topological polar surface area (TPSA) is 102 Å². The van der Waals surface area contributed by atoms with E-state index in [1.54, 1.807) is 12.1 Å². The standard InChI is InChI=1S/C27H21ClN2O6/c1-15-5-4-6-16(2)23(15)36-27(34)18-7-11-19(12-8-18)29-22-21(28)24(31)30(25(22)32)20-13-9-17(10-14-20)26(33)35-3/h4-14,29H,1-3H3. The van der Waals surface area contributed by atoms with Crippen molar-refractivity contribution in [3.63, 3.8) is 0 Å². The molecule has 1 aliphatic heterocycles. The van der Waals surface area contributed by atoms with Crippen molar-refractivity contribution in [3.8, 4) is 5.75 Å². The Hall–Kier alpha value is -4.43. The van der Waals surface area contributed by atoms with Crippen LogP contribution in [0.2, 0.25) is 0 Å². The van der Waals surface area contributed by atoms with Crippen LogP contribution in [0.4, 0.5) is 11.4 Å². The number of imide groups is 1. The highest BCUT2D eigenvalue weighted by atomic mass is 35.5. The number of benzene rings is 3. The number of methoxy groups -OCH3 is 1. The second-order valence-corrected chi connectivity index (χ2v) is 8.36. The Morgan fingerprint density at radius 2 is 1.36 bits per heavy atom. The molecule has 0 bridgehead atoms. The number of carbonyl (C=O) groups excluding carboxylic acids is 4. The number of halogens is 1. The van der Waals surface area contributed by atoms with Gasteiger partial charge in [-0.25, -0.2) is 14.5 Å². The van der Waals surface area contributed by atoms with Crippen LogP contribution in [0.25, 0.3) is 0 Å². The predicted molar refractivity (Wildman–Crippen MR) is 134 cm³/mol. The van der Waals surface area contributed by atoms with Gasteiger partial charge in [0.25, 0.3) is 11.8 Å². The van der Waals surface area contributed by atoms with E-state index in [0.29, 0.717) is 17.0 Å². The zero-order valence-corrected chi connectivity index (χ0v) is 20.4. The number of hydrogen-bond acceptors (Lipinski definition) is 7. The van der Waals surface area contributed by atoms with E-state index in [0.717, 1.165) is 16.0 Å². The van der Waals surface area contributed by atoms with Crippen LogP contribution in [-0.2, 0) is 14.3 Å². The van der Waals surface area contributed by atoms with E-state index in [4.69, 9.17) is 16.3 Å². The lowest BCUT2D eigenvalue weighted by atomic mass is 10.1. The summed E-state index contributed by atoms with van der Waals surface area (Å²) in [6.45, 7) is 3.72. The fraction of sp³-hybridized carbons (Fsp3) is 0.111. The summed E-state index contributed by atoms with van der Waals surface area (Å²) in [5.74, 6) is -1.92. The fourth-order valence-corrected chi connectivity index (χ4v) is 3.87. The highest BCUT2D eigenvalue weighted by Crippen LogP contribution is 2.30. The number of amides is 2. The molecule has 182 valence electrons. The number of aryl methyl sites for hydroxylation is 2. The number of rotatable bonds is 6. The Morgan fingerprint density at radius 3 is 1.94 bits per heavy atom. The van der Waals surface area contributed by atoms with Crippen molar-refractivity contribution >= 4 is 46.7 Å². The summed E-state index contributed by atoms with van der Waals surface area (Å²) >= 11 is 6.18. The highest BCUT2D eigenvalue weighted by Gasteiger charge is 2.39. The fourth-order valence-electron chi connectivity index (χ4n) is 3.66. The summed E-state index contributed by atoms with van der Waals surface area (Å²) < 4.78 is 10.2. The first kappa shape index (κ1) is 24.7. The van der Waals surface area contributed by atoms with Crippen molar-refractivity contribution in [2.75, 3.05) is 17.3 Å². The number of esters is 2. The van der Waals surface area contributed by atoms with Crippen molar-refractivity contribution < 1.29 is 28.7 Å². The molecular formula is C27H21ClN2O6. The number of para-hydroxylation sites is 1. The zero-order valence-electron chi connectivity index (χ0n) is 19.6. The summed E-state index contributed by atoms with van der Waals surface area (Å²) in [4.78, 5) is 50.8. The Bertz CT molecular complexity index is 1390. The van der Waals surface area contributed by atoms with Gasteiger partial charge < -0.3 is 14.8 Å². The van der Waals surface area contributed by atoms with Crippen LogP contribution in [-0.4, -0.2) is 30.9 Å². The van der Waals surface area contributed by atoms with E-state index >= 15 is 0 Å². The van der Waals surface area contributed by atoms with E-state index in [2.05, 4.69) is 10.1 Å². The first-order valence-electron chi connectivity index (χ1n) is 10.8. The van der Waals surface area contributed by atoms with Crippen LogP contribution in [0.15, 0.2) is 77.5 Å². The molecule has 0 aliphatic carbocycles. The maximum absolute atomic E-state index is 13.0. The van der Waals surface area contributed by atoms with E-state index in [1.807, 2.05) is 32.0 Å². The van der Waals surface area contributed by atoms with Crippen molar-refractivity contribution in [1.29, 1.82) is 0 Å². The second-order valence-electron chi connectivity index (χ2n) is 7.99. The van der Waals surface area contributed by atoms with Crippen molar-refractivity contribution in [2.24, 2.45) is 0 Å². The molecule has 2 amide bonds. The molecule has 4 rings (SSSR count). The maximum Gasteiger partial charge on any atom is 0.343 e. The van der Waals surface area contributed by atoms with Crippen LogP contribution in [0, 0.1) is 13.8 Å². The van der Waals surface area contributed by atoms with Gasteiger partial charge >= 0.3 is 11.9 Å². The third-order valence-electron chi connectivity index (χ3n) is 5.57. The lowest BCUT2D eigenvalue weighted by molar-refractivity contribution is -0.120. The monoisotopic (exact) mass is 504 g/mol. The number of nitrogens with zero attached hydrogens (tertiary/aromatic N) is 1. The van der Waals surface area contributed by atoms with Crippen LogP contribution in [0.1, 0.15) is 31.8 Å². The summed E-state index contributed by atoms with van der Waals surface area (Å²) in [5, 5.41) is 2.57. The number of carbonyl (C=O) groups is 4. The smallest absolute Gasteiger partial charge is 0.343 e. The first-order valence-corrected chi connectivity index (χ1v) is 11.2. The Balaban J connectivity index is 1.48. The molecule has 0 fully saturated rings. The summed E-state index contributed by atoms with van der Waals surface area (Å²) in [6, 6.07) is 17.6. The van der Waals surface area contributed by atoms with E-state index in [-0.39, 0.29) is 22.0 Å². The first-order chi connectivity index (χ1) is 17.2. The third kappa shape index (κ3) is 4.71. The molecular weight excluding hydrogens is 484 g/mol. The molecule has 36 heavy (non-hydrogen) atoms. The van der Waals surface area contributed by atoms with Gasteiger partial charge in [-0.15, -0.1) is 0 Å². The summed E-state index contributed by atoms with van der Waals surface area (Å²) in [6.07, 6.45) is 0. The van der Waals surface area contributed by atoms with Gasteiger partial charge in [0, 0.05) is 5.69 Å². The minimum atomic E-state index is -0.705. The number of nitrogens with one attached hydrogen (secondary N) is 1.